The fraction of sp³-hybridized carbons (Fsp3) is 0.625. The molecule has 1 fully saturated rings. The minimum absolute atomic E-state index is 0.596. The molecule has 0 radical (unpaired) electrons. The molecule has 1 aliphatic rings. The number of piperidine rings is 1. The molecule has 0 bridgehead atoms. The van der Waals surface area contributed by atoms with Crippen molar-refractivity contribution in [2.24, 2.45) is 0 Å². The normalized spacial score (nSPS) is 18.8. The van der Waals surface area contributed by atoms with Crippen molar-refractivity contribution in [1.29, 1.82) is 0 Å². The van der Waals surface area contributed by atoms with Gasteiger partial charge in [-0.1, -0.05) is 37.6 Å². The summed E-state index contributed by atoms with van der Waals surface area (Å²) in [7, 11) is 2.02. The third kappa shape index (κ3) is 3.82. The summed E-state index contributed by atoms with van der Waals surface area (Å²) in [5.74, 6) is 0.596. The molecule has 0 amide bonds. The average molecular weight is 246 g/mol. The fourth-order valence-corrected chi connectivity index (χ4v) is 2.75. The van der Waals surface area contributed by atoms with Crippen molar-refractivity contribution < 1.29 is 0 Å². The van der Waals surface area contributed by atoms with Crippen LogP contribution in [-0.2, 0) is 6.54 Å². The molecule has 18 heavy (non-hydrogen) atoms. The Labute approximate surface area is 111 Å². The number of nitrogens with zero attached hydrogens (tertiary/aromatic N) is 1. The number of nitrogens with one attached hydrogen (secondary N) is 1. The molecule has 0 saturated carbocycles. The van der Waals surface area contributed by atoms with Crippen molar-refractivity contribution in [2.45, 2.75) is 38.6 Å². The average Bonchev–Trinajstić information content (AvgIpc) is 2.41. The van der Waals surface area contributed by atoms with E-state index in [1.807, 2.05) is 7.05 Å². The minimum Gasteiger partial charge on any atom is -0.319 e. The zero-order valence-electron chi connectivity index (χ0n) is 11.8. The maximum absolute atomic E-state index is 3.24. The Morgan fingerprint density at radius 1 is 1.11 bits per heavy atom. The molecular weight excluding hydrogens is 220 g/mol. The number of rotatable bonds is 5. The van der Waals surface area contributed by atoms with Gasteiger partial charge in [-0.2, -0.15) is 0 Å². The molecule has 1 N–H and O–H groups in total. The van der Waals surface area contributed by atoms with E-state index in [9.17, 15) is 0 Å². The standard InChI is InChI=1S/C16H26N2/c1-14(12-17-2)16-8-6-15(7-9-16)13-18-10-4-3-5-11-18/h6-9,14,17H,3-5,10-13H2,1-2H3. The van der Waals surface area contributed by atoms with Gasteiger partial charge >= 0.3 is 0 Å². The van der Waals surface area contributed by atoms with Gasteiger partial charge in [0.1, 0.15) is 0 Å². The van der Waals surface area contributed by atoms with Crippen molar-refractivity contribution in [3.05, 3.63) is 35.4 Å². The van der Waals surface area contributed by atoms with Crippen molar-refractivity contribution in [3.8, 4) is 0 Å². The predicted octanol–water partition coefficient (Wildman–Crippen LogP) is 3.00. The van der Waals surface area contributed by atoms with E-state index in [1.54, 1.807) is 0 Å². The Bertz CT molecular complexity index is 339. The number of hydrogen-bond acceptors (Lipinski definition) is 2. The molecule has 0 spiro atoms. The van der Waals surface area contributed by atoms with Crippen LogP contribution in [0.3, 0.4) is 0 Å². The second kappa shape index (κ2) is 6.91. The van der Waals surface area contributed by atoms with E-state index < -0.39 is 0 Å². The highest BCUT2D eigenvalue weighted by molar-refractivity contribution is 5.25. The van der Waals surface area contributed by atoms with Crippen molar-refractivity contribution in [1.82, 2.24) is 10.2 Å². The molecule has 100 valence electrons. The van der Waals surface area contributed by atoms with Crippen LogP contribution in [0.2, 0.25) is 0 Å². The monoisotopic (exact) mass is 246 g/mol. The van der Waals surface area contributed by atoms with Gasteiger partial charge < -0.3 is 5.32 Å². The lowest BCUT2D eigenvalue weighted by Crippen LogP contribution is -2.29. The lowest BCUT2D eigenvalue weighted by Gasteiger charge is -2.26. The van der Waals surface area contributed by atoms with Gasteiger partial charge in [-0.25, -0.2) is 0 Å². The van der Waals surface area contributed by atoms with E-state index in [0.717, 1.165) is 13.1 Å². The molecule has 1 saturated heterocycles. The van der Waals surface area contributed by atoms with Gasteiger partial charge in [0.25, 0.3) is 0 Å². The fourth-order valence-electron chi connectivity index (χ4n) is 2.75. The molecule has 1 heterocycles. The van der Waals surface area contributed by atoms with Crippen molar-refractivity contribution >= 4 is 0 Å². The van der Waals surface area contributed by atoms with Crippen LogP contribution in [-0.4, -0.2) is 31.6 Å². The van der Waals surface area contributed by atoms with E-state index in [2.05, 4.69) is 41.4 Å². The smallest absolute Gasteiger partial charge is 0.0233 e. The lowest BCUT2D eigenvalue weighted by molar-refractivity contribution is 0.221. The topological polar surface area (TPSA) is 15.3 Å². The van der Waals surface area contributed by atoms with Crippen LogP contribution in [0.4, 0.5) is 0 Å². The third-order valence-electron chi connectivity index (χ3n) is 3.91. The lowest BCUT2D eigenvalue weighted by atomic mass is 9.99. The molecule has 1 aromatic rings. The van der Waals surface area contributed by atoms with Gasteiger partial charge in [-0.05, 0) is 50.0 Å². The molecule has 2 rings (SSSR count). The first-order valence-electron chi connectivity index (χ1n) is 7.25. The second-order valence-corrected chi connectivity index (χ2v) is 5.54. The molecule has 0 aliphatic carbocycles. The van der Waals surface area contributed by atoms with E-state index in [4.69, 9.17) is 0 Å². The largest absolute Gasteiger partial charge is 0.319 e. The summed E-state index contributed by atoms with van der Waals surface area (Å²) < 4.78 is 0. The number of likely N-dealkylation sites (N-methyl/N-ethyl adjacent to an activating group) is 1. The molecule has 1 atom stereocenters. The molecule has 1 unspecified atom stereocenters. The van der Waals surface area contributed by atoms with Gasteiger partial charge in [0.2, 0.25) is 0 Å². The van der Waals surface area contributed by atoms with Gasteiger partial charge in [0.15, 0.2) is 0 Å². The molecule has 1 aromatic carbocycles. The highest BCUT2D eigenvalue weighted by atomic mass is 15.1. The Morgan fingerprint density at radius 3 is 2.39 bits per heavy atom. The summed E-state index contributed by atoms with van der Waals surface area (Å²) in [5, 5.41) is 3.24. The molecule has 2 heteroatoms. The minimum atomic E-state index is 0.596. The highest BCUT2D eigenvalue weighted by Crippen LogP contribution is 2.17. The first-order chi connectivity index (χ1) is 8.79. The van der Waals surface area contributed by atoms with Crippen LogP contribution in [0.5, 0.6) is 0 Å². The number of benzene rings is 1. The van der Waals surface area contributed by atoms with Gasteiger partial charge in [-0.3, -0.25) is 4.90 Å². The quantitative estimate of drug-likeness (QED) is 0.859. The van der Waals surface area contributed by atoms with Crippen LogP contribution in [0, 0.1) is 0 Å². The van der Waals surface area contributed by atoms with Crippen molar-refractivity contribution in [2.75, 3.05) is 26.7 Å². The van der Waals surface area contributed by atoms with E-state index in [0.29, 0.717) is 5.92 Å². The van der Waals surface area contributed by atoms with Gasteiger partial charge in [0, 0.05) is 13.1 Å². The Kier molecular flexibility index (Phi) is 5.21. The highest BCUT2D eigenvalue weighted by Gasteiger charge is 2.10. The van der Waals surface area contributed by atoms with Crippen LogP contribution in [0.1, 0.15) is 43.2 Å². The van der Waals surface area contributed by atoms with Gasteiger partial charge in [0.05, 0.1) is 0 Å². The number of hydrogen-bond donors (Lipinski definition) is 1. The number of likely N-dealkylation sites (tertiary alicyclic amines) is 1. The van der Waals surface area contributed by atoms with Gasteiger partial charge in [-0.15, -0.1) is 0 Å². The third-order valence-corrected chi connectivity index (χ3v) is 3.91. The van der Waals surface area contributed by atoms with Crippen LogP contribution in [0.25, 0.3) is 0 Å². The van der Waals surface area contributed by atoms with E-state index in [-0.39, 0.29) is 0 Å². The summed E-state index contributed by atoms with van der Waals surface area (Å²) in [4.78, 5) is 2.58. The SMILES string of the molecule is CNCC(C)c1ccc(CN2CCCCC2)cc1. The maximum Gasteiger partial charge on any atom is 0.0233 e. The maximum atomic E-state index is 3.24. The summed E-state index contributed by atoms with van der Waals surface area (Å²) in [5.41, 5.74) is 2.89. The van der Waals surface area contributed by atoms with Crippen LogP contribution >= 0.6 is 0 Å². The van der Waals surface area contributed by atoms with E-state index >= 15 is 0 Å². The second-order valence-electron chi connectivity index (χ2n) is 5.54. The summed E-state index contributed by atoms with van der Waals surface area (Å²) in [6.45, 7) is 7.00. The molecule has 1 aliphatic heterocycles. The Hall–Kier alpha value is -0.860. The zero-order valence-corrected chi connectivity index (χ0v) is 11.8. The van der Waals surface area contributed by atoms with E-state index in [1.165, 1.54) is 43.5 Å². The molecular formula is C16H26N2. The summed E-state index contributed by atoms with van der Waals surface area (Å²) in [6.07, 6.45) is 4.16. The summed E-state index contributed by atoms with van der Waals surface area (Å²) >= 11 is 0. The Balaban J connectivity index is 1.90. The zero-order chi connectivity index (χ0) is 12.8. The molecule has 0 aromatic heterocycles. The van der Waals surface area contributed by atoms with Crippen LogP contribution in [0.15, 0.2) is 24.3 Å². The van der Waals surface area contributed by atoms with Crippen LogP contribution < -0.4 is 5.32 Å². The predicted molar refractivity (Wildman–Crippen MR) is 77.9 cm³/mol. The Morgan fingerprint density at radius 2 is 1.78 bits per heavy atom. The van der Waals surface area contributed by atoms with Crippen molar-refractivity contribution in [3.63, 3.8) is 0 Å². The summed E-state index contributed by atoms with van der Waals surface area (Å²) in [6, 6.07) is 9.19. The first-order valence-corrected chi connectivity index (χ1v) is 7.25. The molecule has 2 nitrogen and oxygen atoms in total. The first kappa shape index (κ1) is 13.6.